The molecule has 0 aliphatic heterocycles. The third kappa shape index (κ3) is 11.5. The fourth-order valence-electron chi connectivity index (χ4n) is 2.21. The molecule has 1 amide bonds. The molecule has 0 aliphatic rings. The third-order valence-corrected chi connectivity index (χ3v) is 3.74. The number of alkyl carbamates (subject to hydrolysis) is 1. The van der Waals surface area contributed by atoms with Crippen molar-refractivity contribution in [3.8, 4) is 0 Å². The van der Waals surface area contributed by atoms with Gasteiger partial charge in [0.2, 0.25) is 0 Å². The number of hydrogen-bond acceptors (Lipinski definition) is 4. The van der Waals surface area contributed by atoms with Gasteiger partial charge in [-0.3, -0.25) is 4.99 Å². The van der Waals surface area contributed by atoms with Crippen LogP contribution in [0, 0.1) is 0 Å². The number of ether oxygens (including phenoxy) is 2. The zero-order chi connectivity index (χ0) is 18.8. The van der Waals surface area contributed by atoms with Crippen molar-refractivity contribution in [2.75, 3.05) is 27.3 Å². The zero-order valence-corrected chi connectivity index (χ0v) is 19.3. The van der Waals surface area contributed by atoms with Crippen molar-refractivity contribution in [2.24, 2.45) is 4.99 Å². The topological polar surface area (TPSA) is 84.0 Å². The van der Waals surface area contributed by atoms with E-state index in [1.165, 1.54) is 0 Å². The Morgan fingerprint density at radius 3 is 2.16 bits per heavy atom. The van der Waals surface area contributed by atoms with Crippen LogP contribution in [0.5, 0.6) is 0 Å². The van der Waals surface area contributed by atoms with Gasteiger partial charge in [0, 0.05) is 26.7 Å². The van der Waals surface area contributed by atoms with Crippen LogP contribution in [0.4, 0.5) is 4.79 Å². The molecule has 0 fully saturated rings. The molecule has 0 aromatic heterocycles. The summed E-state index contributed by atoms with van der Waals surface area (Å²) < 4.78 is 10.5. The van der Waals surface area contributed by atoms with E-state index in [0.29, 0.717) is 19.1 Å². The average Bonchev–Trinajstić information content (AvgIpc) is 2.48. The number of nitrogens with one attached hydrogen (secondary N) is 3. The molecule has 1 atom stereocenters. The number of hydrogen-bond donors (Lipinski definition) is 3. The molecule has 1 unspecified atom stereocenters. The van der Waals surface area contributed by atoms with Crippen molar-refractivity contribution >= 4 is 36.0 Å². The van der Waals surface area contributed by atoms with Gasteiger partial charge in [0.05, 0.1) is 12.1 Å². The third-order valence-electron chi connectivity index (χ3n) is 3.74. The standard InChI is InChI=1S/C17H36N4O3.HI/c1-9-17(10-2,21-15(22)24-16(4,5)6)12-19-14(18-7)20-13(3)11-23-8;/h13H,9-12H2,1-8H3,(H,21,22)(H2,18,19,20);1H. The van der Waals surface area contributed by atoms with Crippen LogP contribution in [0.2, 0.25) is 0 Å². The van der Waals surface area contributed by atoms with Gasteiger partial charge < -0.3 is 25.4 Å². The summed E-state index contributed by atoms with van der Waals surface area (Å²) in [5, 5.41) is 9.55. The molecule has 8 heteroatoms. The Labute approximate surface area is 170 Å². The minimum atomic E-state index is -0.516. The van der Waals surface area contributed by atoms with Crippen molar-refractivity contribution in [3.05, 3.63) is 0 Å². The number of aliphatic imine (C=N–C) groups is 1. The largest absolute Gasteiger partial charge is 0.444 e. The molecule has 0 saturated heterocycles. The Morgan fingerprint density at radius 2 is 1.76 bits per heavy atom. The van der Waals surface area contributed by atoms with E-state index in [2.05, 4.69) is 20.9 Å². The van der Waals surface area contributed by atoms with Crippen molar-refractivity contribution < 1.29 is 14.3 Å². The first-order valence-corrected chi connectivity index (χ1v) is 8.58. The van der Waals surface area contributed by atoms with E-state index in [1.807, 2.05) is 41.5 Å². The van der Waals surface area contributed by atoms with E-state index in [1.54, 1.807) is 14.2 Å². The van der Waals surface area contributed by atoms with Gasteiger partial charge in [-0.15, -0.1) is 24.0 Å². The first-order valence-electron chi connectivity index (χ1n) is 8.58. The maximum absolute atomic E-state index is 12.1. The van der Waals surface area contributed by atoms with Crippen LogP contribution in [0.25, 0.3) is 0 Å². The second-order valence-corrected chi connectivity index (χ2v) is 7.04. The van der Waals surface area contributed by atoms with Crippen molar-refractivity contribution in [1.29, 1.82) is 0 Å². The SMILES string of the molecule is CCC(CC)(CNC(=NC)NC(C)COC)NC(=O)OC(C)(C)C.I. The highest BCUT2D eigenvalue weighted by atomic mass is 127. The number of carbonyl (C=O) groups excluding carboxylic acids is 1. The van der Waals surface area contributed by atoms with Crippen LogP contribution >= 0.6 is 24.0 Å². The Balaban J connectivity index is 0. The molecule has 0 saturated carbocycles. The number of methoxy groups -OCH3 is 1. The van der Waals surface area contributed by atoms with Crippen LogP contribution in [0.1, 0.15) is 54.4 Å². The Kier molecular flexibility index (Phi) is 13.3. The number of amides is 1. The summed E-state index contributed by atoms with van der Waals surface area (Å²) in [4.78, 5) is 16.4. The molecule has 150 valence electrons. The molecule has 0 spiro atoms. The summed E-state index contributed by atoms with van der Waals surface area (Å²) in [6.45, 7) is 12.8. The molecule has 0 aromatic carbocycles. The van der Waals surface area contributed by atoms with Gasteiger partial charge >= 0.3 is 6.09 Å². The van der Waals surface area contributed by atoms with Gasteiger partial charge in [0.25, 0.3) is 0 Å². The van der Waals surface area contributed by atoms with Crippen LogP contribution in [-0.2, 0) is 9.47 Å². The van der Waals surface area contributed by atoms with Gasteiger partial charge in [-0.05, 0) is 40.5 Å². The molecule has 0 bridgehead atoms. The van der Waals surface area contributed by atoms with Crippen molar-refractivity contribution in [2.45, 2.75) is 71.6 Å². The van der Waals surface area contributed by atoms with Crippen LogP contribution in [0.15, 0.2) is 4.99 Å². The van der Waals surface area contributed by atoms with E-state index >= 15 is 0 Å². The minimum absolute atomic E-state index is 0. The number of rotatable bonds is 8. The summed E-state index contributed by atoms with van der Waals surface area (Å²) in [6.07, 6.45) is 1.16. The van der Waals surface area contributed by atoms with Crippen LogP contribution < -0.4 is 16.0 Å². The predicted octanol–water partition coefficient (Wildman–Crippen LogP) is 2.89. The number of guanidine groups is 1. The monoisotopic (exact) mass is 472 g/mol. The van der Waals surface area contributed by atoms with E-state index in [4.69, 9.17) is 9.47 Å². The highest BCUT2D eigenvalue weighted by Crippen LogP contribution is 2.16. The zero-order valence-electron chi connectivity index (χ0n) is 17.0. The molecule has 0 heterocycles. The summed E-state index contributed by atoms with van der Waals surface area (Å²) in [6, 6.07) is 0.137. The highest BCUT2D eigenvalue weighted by Gasteiger charge is 2.30. The van der Waals surface area contributed by atoms with Gasteiger partial charge in [-0.25, -0.2) is 4.79 Å². The lowest BCUT2D eigenvalue weighted by molar-refractivity contribution is 0.0448. The van der Waals surface area contributed by atoms with E-state index in [-0.39, 0.29) is 30.0 Å². The number of halogens is 1. The minimum Gasteiger partial charge on any atom is -0.444 e. The van der Waals surface area contributed by atoms with Gasteiger partial charge in [-0.1, -0.05) is 13.8 Å². The maximum Gasteiger partial charge on any atom is 0.408 e. The lowest BCUT2D eigenvalue weighted by atomic mass is 9.93. The van der Waals surface area contributed by atoms with Crippen LogP contribution in [-0.4, -0.2) is 56.5 Å². The molecular weight excluding hydrogens is 435 g/mol. The summed E-state index contributed by atoms with van der Waals surface area (Å²) in [5.41, 5.74) is -0.914. The lowest BCUT2D eigenvalue weighted by Gasteiger charge is -2.34. The van der Waals surface area contributed by atoms with Gasteiger partial charge in [0.15, 0.2) is 5.96 Å². The number of nitrogens with zero attached hydrogens (tertiary/aromatic N) is 1. The smallest absolute Gasteiger partial charge is 0.408 e. The van der Waals surface area contributed by atoms with Crippen LogP contribution in [0.3, 0.4) is 0 Å². The van der Waals surface area contributed by atoms with Crippen molar-refractivity contribution in [1.82, 2.24) is 16.0 Å². The van der Waals surface area contributed by atoms with Gasteiger partial charge in [0.1, 0.15) is 5.60 Å². The summed E-state index contributed by atoms with van der Waals surface area (Å²) >= 11 is 0. The molecule has 0 radical (unpaired) electrons. The molecule has 7 nitrogen and oxygen atoms in total. The Morgan fingerprint density at radius 1 is 1.20 bits per heavy atom. The lowest BCUT2D eigenvalue weighted by Crippen LogP contribution is -2.57. The number of carbonyl (C=O) groups is 1. The van der Waals surface area contributed by atoms with E-state index in [0.717, 1.165) is 12.8 Å². The quantitative estimate of drug-likeness (QED) is 0.288. The Bertz CT molecular complexity index is 407. The van der Waals surface area contributed by atoms with E-state index < -0.39 is 17.2 Å². The molecule has 3 N–H and O–H groups in total. The average molecular weight is 472 g/mol. The predicted molar refractivity (Wildman–Crippen MR) is 114 cm³/mol. The summed E-state index contributed by atoms with van der Waals surface area (Å²) in [7, 11) is 3.38. The molecule has 25 heavy (non-hydrogen) atoms. The summed E-state index contributed by atoms with van der Waals surface area (Å²) in [5.74, 6) is 0.678. The maximum atomic E-state index is 12.1. The Hall–Kier alpha value is -0.770. The second kappa shape index (κ2) is 12.6. The fraction of sp³-hybridized carbons (Fsp3) is 0.882. The first-order chi connectivity index (χ1) is 11.1. The molecule has 0 aliphatic carbocycles. The molecule has 0 rings (SSSR count). The van der Waals surface area contributed by atoms with E-state index in [9.17, 15) is 4.79 Å². The first kappa shape index (κ1) is 26.5. The molecule has 0 aromatic rings. The second-order valence-electron chi connectivity index (χ2n) is 7.04. The van der Waals surface area contributed by atoms with Gasteiger partial charge in [-0.2, -0.15) is 0 Å². The van der Waals surface area contributed by atoms with Crippen molar-refractivity contribution in [3.63, 3.8) is 0 Å². The normalized spacial score (nSPS) is 13.5. The fourth-order valence-corrected chi connectivity index (χ4v) is 2.21. The highest BCUT2D eigenvalue weighted by molar-refractivity contribution is 14.0. The molecular formula is C17H37IN4O3.